The molecule has 1 atom stereocenters. The van der Waals surface area contributed by atoms with Crippen LogP contribution in [0.4, 0.5) is 13.2 Å². The van der Waals surface area contributed by atoms with Crippen LogP contribution in [0.3, 0.4) is 0 Å². The van der Waals surface area contributed by atoms with Gasteiger partial charge in [-0.1, -0.05) is 26.0 Å². The number of rotatable bonds is 5. The van der Waals surface area contributed by atoms with Crippen LogP contribution in [0, 0.1) is 0 Å². The van der Waals surface area contributed by atoms with E-state index in [0.29, 0.717) is 18.6 Å². The fourth-order valence-corrected chi connectivity index (χ4v) is 4.63. The predicted octanol–water partition coefficient (Wildman–Crippen LogP) is 4.34. The van der Waals surface area contributed by atoms with Gasteiger partial charge in [0.25, 0.3) is 5.91 Å². The Bertz CT molecular complexity index is 1150. The van der Waals surface area contributed by atoms with E-state index >= 15 is 0 Å². The van der Waals surface area contributed by atoms with Crippen LogP contribution in [0.15, 0.2) is 30.5 Å². The summed E-state index contributed by atoms with van der Waals surface area (Å²) in [7, 11) is 0. The molecular weight excluding hydrogens is 441 g/mol. The monoisotopic (exact) mass is 464 g/mol. The molecule has 6 nitrogen and oxygen atoms in total. The largest absolute Gasteiger partial charge is 0.415 e. The lowest BCUT2D eigenvalue weighted by Gasteiger charge is -2.33. The molecule has 0 aliphatic carbocycles. The van der Waals surface area contributed by atoms with E-state index < -0.39 is 18.2 Å². The van der Waals surface area contributed by atoms with Crippen LogP contribution < -0.4 is 5.73 Å². The molecule has 0 saturated carbocycles. The van der Waals surface area contributed by atoms with Crippen molar-refractivity contribution < 1.29 is 22.7 Å². The summed E-state index contributed by atoms with van der Waals surface area (Å²) in [6.45, 7) is 4.65. The first-order chi connectivity index (χ1) is 15.1. The highest BCUT2D eigenvalue weighted by Gasteiger charge is 2.43. The van der Waals surface area contributed by atoms with Crippen LogP contribution in [0.5, 0.6) is 0 Å². The number of hydrogen-bond donors (Lipinski definition) is 1. The van der Waals surface area contributed by atoms with E-state index in [4.69, 9.17) is 10.5 Å². The number of fused-ring (bicyclic) bond motifs is 1. The minimum absolute atomic E-state index is 0.0234. The lowest BCUT2D eigenvalue weighted by atomic mass is 10.0. The highest BCUT2D eigenvalue weighted by Crippen LogP contribution is 2.35. The van der Waals surface area contributed by atoms with Crippen LogP contribution in [0.2, 0.25) is 0 Å². The molecule has 2 N–H and O–H groups in total. The number of carbonyl (C=O) groups is 1. The topological polar surface area (TPSA) is 81.3 Å². The van der Waals surface area contributed by atoms with Gasteiger partial charge in [0.2, 0.25) is 0 Å². The number of morpholine rings is 1. The van der Waals surface area contributed by atoms with Gasteiger partial charge in [0.1, 0.15) is 5.69 Å². The molecule has 1 fully saturated rings. The molecule has 0 radical (unpaired) electrons. The Labute approximate surface area is 187 Å². The van der Waals surface area contributed by atoms with Gasteiger partial charge in [-0.15, -0.1) is 11.3 Å². The van der Waals surface area contributed by atoms with Crippen molar-refractivity contribution in [3.05, 3.63) is 46.7 Å². The fourth-order valence-electron chi connectivity index (χ4n) is 3.68. The van der Waals surface area contributed by atoms with Gasteiger partial charge >= 0.3 is 6.18 Å². The van der Waals surface area contributed by atoms with Crippen molar-refractivity contribution in [3.63, 3.8) is 0 Å². The first kappa shape index (κ1) is 22.6. The Morgan fingerprint density at radius 1 is 1.34 bits per heavy atom. The van der Waals surface area contributed by atoms with Crippen molar-refractivity contribution >= 4 is 28.1 Å². The minimum Gasteiger partial charge on any atom is -0.366 e. The minimum atomic E-state index is -4.39. The maximum atomic E-state index is 13.0. The smallest absolute Gasteiger partial charge is 0.366 e. The molecule has 0 bridgehead atoms. The number of nitrogens with zero attached hydrogens (tertiary/aromatic N) is 3. The molecule has 3 aromatic rings. The van der Waals surface area contributed by atoms with Gasteiger partial charge in [-0.05, 0) is 17.7 Å². The molecule has 4 rings (SSSR count). The Morgan fingerprint density at radius 3 is 2.78 bits per heavy atom. The zero-order chi connectivity index (χ0) is 23.0. The maximum Gasteiger partial charge on any atom is 0.415 e. The van der Waals surface area contributed by atoms with Gasteiger partial charge in [0, 0.05) is 42.7 Å². The number of thiazole rings is 1. The fraction of sp³-hybridized carbons (Fsp3) is 0.409. The molecule has 1 aromatic carbocycles. The second-order valence-corrected chi connectivity index (χ2v) is 9.19. The number of hydrogen-bond acceptors (Lipinski definition) is 6. The second-order valence-electron chi connectivity index (χ2n) is 8.12. The standard InChI is InChI=1S/C22H23F3N4O2S/c1-12(2)21-27-9-18(32-21)15-8-17(20(26)30)28-16-7-13(3-4-14(15)16)10-29-5-6-31-19(11-29)22(23,24)25/h3-4,7-9,12,19H,5-6,10-11H2,1-2H3,(H2,26,30). The van der Waals surface area contributed by atoms with Gasteiger partial charge in [-0.2, -0.15) is 13.2 Å². The van der Waals surface area contributed by atoms with E-state index in [1.165, 1.54) is 0 Å². The van der Waals surface area contributed by atoms with E-state index in [-0.39, 0.29) is 24.8 Å². The van der Waals surface area contributed by atoms with E-state index in [1.807, 2.05) is 12.1 Å². The van der Waals surface area contributed by atoms with Crippen LogP contribution >= 0.6 is 11.3 Å². The summed E-state index contributed by atoms with van der Waals surface area (Å²) in [5, 5.41) is 1.81. The first-order valence-electron chi connectivity index (χ1n) is 10.2. The van der Waals surface area contributed by atoms with Crippen molar-refractivity contribution in [2.45, 2.75) is 38.6 Å². The van der Waals surface area contributed by atoms with E-state index in [1.54, 1.807) is 34.6 Å². The van der Waals surface area contributed by atoms with Gasteiger partial charge in [-0.3, -0.25) is 9.69 Å². The summed E-state index contributed by atoms with van der Waals surface area (Å²) >= 11 is 1.54. The molecule has 1 unspecified atom stereocenters. The predicted molar refractivity (Wildman–Crippen MR) is 117 cm³/mol. The Balaban J connectivity index is 1.68. The first-order valence-corrected chi connectivity index (χ1v) is 11.0. The summed E-state index contributed by atoms with van der Waals surface area (Å²) < 4.78 is 44.0. The Hall–Kier alpha value is -2.56. The summed E-state index contributed by atoms with van der Waals surface area (Å²) in [6, 6.07) is 7.22. The number of nitrogens with two attached hydrogens (primary N) is 1. The summed E-state index contributed by atoms with van der Waals surface area (Å²) in [6.07, 6.45) is -4.40. The average Bonchev–Trinajstić information content (AvgIpc) is 3.23. The number of carbonyl (C=O) groups excluding carboxylic acids is 1. The van der Waals surface area contributed by atoms with Gasteiger partial charge < -0.3 is 10.5 Å². The molecule has 32 heavy (non-hydrogen) atoms. The molecule has 2 aromatic heterocycles. The third-order valence-corrected chi connectivity index (χ3v) is 6.66. The van der Waals surface area contributed by atoms with Crippen LogP contribution in [-0.4, -0.2) is 52.8 Å². The number of halogens is 3. The quantitative estimate of drug-likeness (QED) is 0.607. The molecule has 1 saturated heterocycles. The van der Waals surface area contributed by atoms with Gasteiger partial charge in [0.15, 0.2) is 6.10 Å². The molecule has 1 amide bonds. The van der Waals surface area contributed by atoms with Crippen molar-refractivity contribution in [2.75, 3.05) is 19.7 Å². The lowest BCUT2D eigenvalue weighted by Crippen LogP contribution is -2.48. The van der Waals surface area contributed by atoms with Gasteiger partial charge in [-0.25, -0.2) is 9.97 Å². The van der Waals surface area contributed by atoms with Crippen molar-refractivity contribution in [1.29, 1.82) is 0 Å². The van der Waals surface area contributed by atoms with Crippen LogP contribution in [0.1, 0.15) is 40.8 Å². The lowest BCUT2D eigenvalue weighted by molar-refractivity contribution is -0.237. The molecule has 10 heteroatoms. The summed E-state index contributed by atoms with van der Waals surface area (Å²) in [4.78, 5) is 23.4. The van der Waals surface area contributed by atoms with E-state index in [2.05, 4.69) is 23.8 Å². The van der Waals surface area contributed by atoms with Crippen LogP contribution in [-0.2, 0) is 11.3 Å². The number of ether oxygens (including phenoxy) is 1. The molecule has 1 aliphatic rings. The Morgan fingerprint density at radius 2 is 2.12 bits per heavy atom. The number of benzene rings is 1. The average molecular weight is 465 g/mol. The van der Waals surface area contributed by atoms with Crippen molar-refractivity contribution in [2.24, 2.45) is 5.73 Å². The van der Waals surface area contributed by atoms with E-state index in [9.17, 15) is 18.0 Å². The third-order valence-electron chi connectivity index (χ3n) is 5.33. The molecule has 0 spiro atoms. The highest BCUT2D eigenvalue weighted by atomic mass is 32.1. The van der Waals surface area contributed by atoms with Gasteiger partial charge in [0.05, 0.1) is 22.0 Å². The third kappa shape index (κ3) is 4.77. The SMILES string of the molecule is CC(C)c1ncc(-c2cc(C(N)=O)nc3cc(CN4CCOC(C(F)(F)F)C4)ccc23)s1. The van der Waals surface area contributed by atoms with Crippen molar-refractivity contribution in [3.8, 4) is 10.4 Å². The normalized spacial score (nSPS) is 17.9. The number of primary amides is 1. The van der Waals surface area contributed by atoms with Crippen LogP contribution in [0.25, 0.3) is 21.3 Å². The highest BCUT2D eigenvalue weighted by molar-refractivity contribution is 7.15. The molecule has 1 aliphatic heterocycles. The number of alkyl halides is 3. The number of amides is 1. The number of aromatic nitrogens is 2. The zero-order valence-electron chi connectivity index (χ0n) is 17.6. The summed E-state index contributed by atoms with van der Waals surface area (Å²) in [5.41, 5.74) is 7.81. The molecule has 3 heterocycles. The maximum absolute atomic E-state index is 13.0. The Kier molecular flexibility index (Phi) is 6.19. The molecular formula is C22H23F3N4O2S. The summed E-state index contributed by atoms with van der Waals surface area (Å²) in [5.74, 6) is -0.369. The number of pyridine rings is 1. The van der Waals surface area contributed by atoms with Crippen molar-refractivity contribution in [1.82, 2.24) is 14.9 Å². The second kappa shape index (κ2) is 8.76. The molecule has 170 valence electrons. The van der Waals surface area contributed by atoms with E-state index in [0.717, 1.165) is 26.4 Å². The zero-order valence-corrected chi connectivity index (χ0v) is 18.5.